The minimum atomic E-state index is -0.248. The molecule has 5 heteroatoms. The van der Waals surface area contributed by atoms with Crippen molar-refractivity contribution in [3.8, 4) is 0 Å². The van der Waals surface area contributed by atoms with E-state index in [0.717, 1.165) is 44.3 Å². The van der Waals surface area contributed by atoms with Crippen LogP contribution in [-0.2, 0) is 9.59 Å². The normalized spacial score (nSPS) is 20.4. The lowest BCUT2D eigenvalue weighted by Gasteiger charge is -2.37. The minimum Gasteiger partial charge on any atom is -0.352 e. The fraction of sp³-hybridized carbons (Fsp3) is 0.579. The highest BCUT2D eigenvalue weighted by Crippen LogP contribution is 2.29. The summed E-state index contributed by atoms with van der Waals surface area (Å²) >= 11 is 0. The number of carbonyl (C=O) groups is 2. The van der Waals surface area contributed by atoms with Crippen molar-refractivity contribution in [2.75, 3.05) is 27.2 Å². The quantitative estimate of drug-likeness (QED) is 0.896. The molecule has 5 nitrogen and oxygen atoms in total. The molecule has 2 amide bonds. The zero-order valence-corrected chi connectivity index (χ0v) is 14.6. The number of piperidine rings is 1. The molecule has 1 aliphatic heterocycles. The van der Waals surface area contributed by atoms with Crippen LogP contribution < -0.4 is 5.32 Å². The minimum absolute atomic E-state index is 0.0826. The number of carbonyl (C=O) groups excluding carboxylic acids is 2. The maximum Gasteiger partial charge on any atom is 0.242 e. The van der Waals surface area contributed by atoms with Gasteiger partial charge in [-0.3, -0.25) is 14.5 Å². The molecule has 2 aliphatic rings. The van der Waals surface area contributed by atoms with Crippen molar-refractivity contribution >= 4 is 11.8 Å². The van der Waals surface area contributed by atoms with Crippen LogP contribution in [0.25, 0.3) is 0 Å². The van der Waals surface area contributed by atoms with E-state index >= 15 is 0 Å². The number of benzene rings is 1. The molecule has 1 saturated carbocycles. The summed E-state index contributed by atoms with van der Waals surface area (Å²) in [4.78, 5) is 28.9. The summed E-state index contributed by atoms with van der Waals surface area (Å²) in [6.45, 7) is 1.56. The van der Waals surface area contributed by atoms with Crippen molar-refractivity contribution < 1.29 is 9.59 Å². The second-order valence-corrected chi connectivity index (χ2v) is 7.14. The van der Waals surface area contributed by atoms with Crippen LogP contribution in [0.2, 0.25) is 0 Å². The predicted octanol–water partition coefficient (Wildman–Crippen LogP) is 1.81. The molecule has 1 heterocycles. The maximum absolute atomic E-state index is 12.8. The molecule has 0 aromatic heterocycles. The van der Waals surface area contributed by atoms with Crippen molar-refractivity contribution in [2.45, 2.75) is 37.8 Å². The molecule has 0 unspecified atom stereocenters. The van der Waals surface area contributed by atoms with Gasteiger partial charge in [-0.15, -0.1) is 0 Å². The molecule has 130 valence electrons. The lowest BCUT2D eigenvalue weighted by molar-refractivity contribution is -0.135. The molecule has 1 aromatic carbocycles. The van der Waals surface area contributed by atoms with Crippen LogP contribution >= 0.6 is 0 Å². The number of nitrogens with zero attached hydrogens (tertiary/aromatic N) is 2. The number of hydrogen-bond donors (Lipinski definition) is 1. The van der Waals surface area contributed by atoms with E-state index in [1.165, 1.54) is 0 Å². The van der Waals surface area contributed by atoms with E-state index in [-0.39, 0.29) is 23.8 Å². The third kappa shape index (κ3) is 3.96. The molecule has 0 bridgehead atoms. The van der Waals surface area contributed by atoms with Crippen molar-refractivity contribution in [1.29, 1.82) is 0 Å². The summed E-state index contributed by atoms with van der Waals surface area (Å²) in [5.74, 6) is 0.383. The Morgan fingerprint density at radius 3 is 2.25 bits per heavy atom. The first-order valence-corrected chi connectivity index (χ1v) is 8.87. The van der Waals surface area contributed by atoms with Gasteiger partial charge >= 0.3 is 0 Å². The van der Waals surface area contributed by atoms with Crippen LogP contribution in [0.15, 0.2) is 30.3 Å². The Morgan fingerprint density at radius 2 is 1.71 bits per heavy atom. The standard InChI is InChI=1S/C19H27N3O2/c1-21(2)19(24)15-10-12-22(13-11-15)17(14-6-4-3-5-7-14)18(23)20-16-8-9-16/h3-7,15-17H,8-13H2,1-2H3,(H,20,23)/t17-/m1/s1. The van der Waals surface area contributed by atoms with Crippen molar-refractivity contribution in [1.82, 2.24) is 15.1 Å². The summed E-state index contributed by atoms with van der Waals surface area (Å²) < 4.78 is 0. The van der Waals surface area contributed by atoms with Gasteiger partial charge in [-0.05, 0) is 44.3 Å². The van der Waals surface area contributed by atoms with Crippen LogP contribution in [0.4, 0.5) is 0 Å². The second-order valence-electron chi connectivity index (χ2n) is 7.14. The molecule has 0 radical (unpaired) electrons. The highest BCUT2D eigenvalue weighted by atomic mass is 16.2. The van der Waals surface area contributed by atoms with Gasteiger partial charge in [0, 0.05) is 26.1 Å². The van der Waals surface area contributed by atoms with E-state index in [1.54, 1.807) is 4.90 Å². The van der Waals surface area contributed by atoms with Gasteiger partial charge in [-0.25, -0.2) is 0 Å². The molecular weight excluding hydrogens is 302 g/mol. The fourth-order valence-electron chi connectivity index (χ4n) is 3.44. The van der Waals surface area contributed by atoms with E-state index in [9.17, 15) is 9.59 Å². The smallest absolute Gasteiger partial charge is 0.242 e. The molecule has 24 heavy (non-hydrogen) atoms. The average molecular weight is 329 g/mol. The topological polar surface area (TPSA) is 52.7 Å². The third-order valence-corrected chi connectivity index (χ3v) is 4.97. The highest BCUT2D eigenvalue weighted by Gasteiger charge is 2.35. The van der Waals surface area contributed by atoms with Gasteiger partial charge in [0.15, 0.2) is 0 Å². The molecule has 1 N–H and O–H groups in total. The Bertz CT molecular complexity index is 576. The van der Waals surface area contributed by atoms with Crippen LogP contribution in [0.1, 0.15) is 37.3 Å². The second kappa shape index (κ2) is 7.34. The first-order valence-electron chi connectivity index (χ1n) is 8.87. The molecular formula is C19H27N3O2. The first-order chi connectivity index (χ1) is 11.6. The first kappa shape index (κ1) is 17.0. The Labute approximate surface area is 144 Å². The fourth-order valence-corrected chi connectivity index (χ4v) is 3.44. The third-order valence-electron chi connectivity index (χ3n) is 4.97. The summed E-state index contributed by atoms with van der Waals surface area (Å²) in [6.07, 6.45) is 3.81. The predicted molar refractivity (Wildman–Crippen MR) is 93.3 cm³/mol. The Morgan fingerprint density at radius 1 is 1.08 bits per heavy atom. The summed E-state index contributed by atoms with van der Waals surface area (Å²) in [5.41, 5.74) is 1.04. The van der Waals surface area contributed by atoms with Gasteiger partial charge in [0.1, 0.15) is 6.04 Å². The summed E-state index contributed by atoms with van der Waals surface area (Å²) in [7, 11) is 3.62. The molecule has 3 rings (SSSR count). The lowest BCUT2D eigenvalue weighted by Crippen LogP contribution is -2.46. The number of hydrogen-bond acceptors (Lipinski definition) is 3. The largest absolute Gasteiger partial charge is 0.352 e. The number of likely N-dealkylation sites (tertiary alicyclic amines) is 1. The van der Waals surface area contributed by atoms with E-state index < -0.39 is 0 Å². The Hall–Kier alpha value is -1.88. The molecule has 1 aromatic rings. The monoisotopic (exact) mass is 329 g/mol. The molecule has 1 atom stereocenters. The van der Waals surface area contributed by atoms with Gasteiger partial charge in [0.25, 0.3) is 0 Å². The summed E-state index contributed by atoms with van der Waals surface area (Å²) in [5, 5.41) is 3.15. The number of rotatable bonds is 5. The zero-order chi connectivity index (χ0) is 17.1. The molecule has 2 fully saturated rings. The van der Waals surface area contributed by atoms with Gasteiger partial charge in [0.05, 0.1) is 0 Å². The van der Waals surface area contributed by atoms with E-state index in [1.807, 2.05) is 44.4 Å². The lowest BCUT2D eigenvalue weighted by atomic mass is 9.93. The Balaban J connectivity index is 1.70. The van der Waals surface area contributed by atoms with E-state index in [0.29, 0.717) is 6.04 Å². The van der Waals surface area contributed by atoms with Gasteiger partial charge in [0.2, 0.25) is 11.8 Å². The number of nitrogens with one attached hydrogen (secondary N) is 1. The van der Waals surface area contributed by atoms with Crippen LogP contribution in [0, 0.1) is 5.92 Å². The van der Waals surface area contributed by atoms with Crippen LogP contribution in [-0.4, -0.2) is 54.8 Å². The van der Waals surface area contributed by atoms with Crippen molar-refractivity contribution in [3.05, 3.63) is 35.9 Å². The molecule has 0 spiro atoms. The highest BCUT2D eigenvalue weighted by molar-refractivity contribution is 5.84. The Kier molecular flexibility index (Phi) is 5.19. The molecule has 1 saturated heterocycles. The molecule has 1 aliphatic carbocycles. The maximum atomic E-state index is 12.8. The van der Waals surface area contributed by atoms with Crippen molar-refractivity contribution in [3.63, 3.8) is 0 Å². The average Bonchev–Trinajstić information content (AvgIpc) is 3.40. The summed E-state index contributed by atoms with van der Waals surface area (Å²) in [6, 6.07) is 10.1. The van der Waals surface area contributed by atoms with Crippen LogP contribution in [0.3, 0.4) is 0 Å². The van der Waals surface area contributed by atoms with Crippen molar-refractivity contribution in [2.24, 2.45) is 5.92 Å². The van der Waals surface area contributed by atoms with Crippen LogP contribution in [0.5, 0.6) is 0 Å². The van der Waals surface area contributed by atoms with E-state index in [4.69, 9.17) is 0 Å². The van der Waals surface area contributed by atoms with Gasteiger partial charge in [-0.2, -0.15) is 0 Å². The number of amides is 2. The zero-order valence-electron chi connectivity index (χ0n) is 14.6. The van der Waals surface area contributed by atoms with Gasteiger partial charge < -0.3 is 10.2 Å². The van der Waals surface area contributed by atoms with E-state index in [2.05, 4.69) is 10.2 Å². The van der Waals surface area contributed by atoms with Gasteiger partial charge in [-0.1, -0.05) is 30.3 Å². The SMILES string of the molecule is CN(C)C(=O)C1CCN([C@@H](C(=O)NC2CC2)c2ccccc2)CC1.